The van der Waals surface area contributed by atoms with Crippen LogP contribution in [0.4, 0.5) is 17.5 Å². The number of anilines is 1. The van der Waals surface area contributed by atoms with Crippen molar-refractivity contribution >= 4 is 40.1 Å². The third kappa shape index (κ3) is 3.34. The van der Waals surface area contributed by atoms with E-state index in [4.69, 9.17) is 16.6 Å². The molecule has 24 heavy (non-hydrogen) atoms. The van der Waals surface area contributed by atoms with Crippen LogP contribution in [0.15, 0.2) is 30.5 Å². The fourth-order valence-electron chi connectivity index (χ4n) is 2.57. The lowest BCUT2D eigenvalue weighted by atomic mass is 10.1. The van der Waals surface area contributed by atoms with Gasteiger partial charge in [0.25, 0.3) is 0 Å². The normalized spacial score (nSPS) is 13.2. The summed E-state index contributed by atoms with van der Waals surface area (Å²) in [6, 6.07) is 8.10. The van der Waals surface area contributed by atoms with Gasteiger partial charge in [-0.2, -0.15) is 4.98 Å². The van der Waals surface area contributed by atoms with Crippen molar-refractivity contribution in [3.63, 3.8) is 0 Å². The van der Waals surface area contributed by atoms with Crippen molar-refractivity contribution in [1.29, 1.82) is 0 Å². The fourth-order valence-corrected chi connectivity index (χ4v) is 2.72. The Hall–Kier alpha value is -2.18. The number of quaternary nitrogens is 1. The Kier molecular flexibility index (Phi) is 4.19. The Balaban J connectivity index is 1.99. The summed E-state index contributed by atoms with van der Waals surface area (Å²) in [4.78, 5) is 14.0. The number of hydrogen-bond acceptors (Lipinski definition) is 4. The van der Waals surface area contributed by atoms with Crippen LogP contribution < -0.4 is 10.2 Å². The molecule has 0 amide bonds. The van der Waals surface area contributed by atoms with E-state index in [1.807, 2.05) is 20.2 Å². The Labute approximate surface area is 146 Å². The first-order valence-electron chi connectivity index (χ1n) is 7.82. The molecule has 2 N–H and O–H groups in total. The van der Waals surface area contributed by atoms with Crippen LogP contribution >= 0.6 is 11.6 Å². The van der Waals surface area contributed by atoms with E-state index >= 15 is 0 Å². The number of imidazole rings is 1. The zero-order valence-electron chi connectivity index (χ0n) is 14.6. The van der Waals surface area contributed by atoms with Gasteiger partial charge in [0.05, 0.1) is 18.1 Å². The molecule has 0 aliphatic rings. The Bertz CT molecular complexity index is 880. The van der Waals surface area contributed by atoms with Crippen LogP contribution in [-0.2, 0) is 7.05 Å². The molecule has 0 radical (unpaired) electrons. The van der Waals surface area contributed by atoms with E-state index in [9.17, 15) is 0 Å². The van der Waals surface area contributed by atoms with Crippen molar-refractivity contribution in [2.75, 3.05) is 12.4 Å². The first kappa shape index (κ1) is 16.7. The lowest BCUT2D eigenvalue weighted by molar-refractivity contribution is -0.738. The second-order valence-corrected chi connectivity index (χ2v) is 7.25. The maximum absolute atomic E-state index is 5.90. The lowest BCUT2D eigenvalue weighted by Crippen LogP contribution is -2.98. The maximum Gasteiger partial charge on any atom is 0.235 e. The third-order valence-electron chi connectivity index (χ3n) is 3.81. The topological polar surface area (TPSA) is 60.1 Å². The minimum absolute atomic E-state index is 0.0439. The molecule has 2 aromatic heterocycles. The van der Waals surface area contributed by atoms with Gasteiger partial charge < -0.3 is 9.88 Å². The smallest absolute Gasteiger partial charge is 0.235 e. The largest absolute Gasteiger partial charge is 0.351 e. The van der Waals surface area contributed by atoms with Crippen LogP contribution in [0, 0.1) is 0 Å². The molecule has 3 rings (SSSR count). The fraction of sp³-hybridized carbons (Fsp3) is 0.353. The van der Waals surface area contributed by atoms with Gasteiger partial charge in [-0.1, -0.05) is 0 Å². The second-order valence-electron chi connectivity index (χ2n) is 6.91. The number of aromatic nitrogens is 4. The number of aryl methyl sites for hydroxylation is 1. The first-order valence-corrected chi connectivity index (χ1v) is 8.20. The molecule has 0 aliphatic heterocycles. The number of nitrogens with one attached hydrogen (secondary N) is 2. The summed E-state index contributed by atoms with van der Waals surface area (Å²) in [6.45, 7) is 6.36. The number of nitrogens with zero attached hydrogens (tertiary/aromatic N) is 4. The van der Waals surface area contributed by atoms with Crippen molar-refractivity contribution in [2.24, 2.45) is 7.05 Å². The third-order valence-corrected chi connectivity index (χ3v) is 3.99. The average Bonchev–Trinajstić information content (AvgIpc) is 2.80. The molecule has 6 nitrogen and oxygen atoms in total. The summed E-state index contributed by atoms with van der Waals surface area (Å²) in [6.07, 6.45) is 1.67. The Morgan fingerprint density at radius 2 is 1.92 bits per heavy atom. The van der Waals surface area contributed by atoms with E-state index in [1.165, 1.54) is 0 Å². The molecule has 0 saturated heterocycles. The second kappa shape index (κ2) is 6.03. The zero-order valence-corrected chi connectivity index (χ0v) is 15.3. The van der Waals surface area contributed by atoms with E-state index in [0.717, 1.165) is 33.4 Å². The molecular weight excluding hydrogens is 324 g/mol. The van der Waals surface area contributed by atoms with Gasteiger partial charge in [-0.3, -0.25) is 4.90 Å². The average molecular weight is 346 g/mol. The molecule has 0 bridgehead atoms. The SMILES string of the molecule is Cn1c(NC(C)(C)C)nc2cc([NH+](C)c3ccnc(Cl)n3)ccc21. The van der Waals surface area contributed by atoms with Gasteiger partial charge in [0.1, 0.15) is 5.69 Å². The molecular formula is C17H22ClN6+. The predicted octanol–water partition coefficient (Wildman–Crippen LogP) is 2.71. The minimum Gasteiger partial charge on any atom is -0.351 e. The van der Waals surface area contributed by atoms with E-state index in [0.29, 0.717) is 0 Å². The summed E-state index contributed by atoms with van der Waals surface area (Å²) in [5.41, 5.74) is 3.05. The van der Waals surface area contributed by atoms with Crippen LogP contribution in [0.1, 0.15) is 20.8 Å². The standard InChI is InChI=1S/C17H21ClN6/c1-17(2,3)22-16-20-12-10-11(6-7-13(12)24(16)5)23(4)14-8-9-19-15(18)21-14/h6-10H,1-5H3,(H,20,22)/p+1. The predicted molar refractivity (Wildman–Crippen MR) is 97.3 cm³/mol. The molecule has 3 aromatic rings. The van der Waals surface area contributed by atoms with Crippen LogP contribution in [0.3, 0.4) is 0 Å². The number of halogens is 1. The summed E-state index contributed by atoms with van der Waals surface area (Å²) in [5, 5.41) is 3.69. The van der Waals surface area contributed by atoms with Gasteiger partial charge in [0.15, 0.2) is 0 Å². The molecule has 126 valence electrons. The molecule has 1 atom stereocenters. The number of rotatable bonds is 3. The molecule has 0 fully saturated rings. The Morgan fingerprint density at radius 1 is 1.17 bits per heavy atom. The van der Waals surface area contributed by atoms with Gasteiger partial charge in [0.2, 0.25) is 17.0 Å². The summed E-state index contributed by atoms with van der Waals surface area (Å²) >= 11 is 5.90. The minimum atomic E-state index is -0.0439. The van der Waals surface area contributed by atoms with E-state index in [2.05, 4.69) is 58.8 Å². The highest BCUT2D eigenvalue weighted by atomic mass is 35.5. The quantitative estimate of drug-likeness (QED) is 0.716. The van der Waals surface area contributed by atoms with Gasteiger partial charge >= 0.3 is 0 Å². The number of hydrogen-bond donors (Lipinski definition) is 2. The maximum atomic E-state index is 5.90. The van der Waals surface area contributed by atoms with Crippen LogP contribution in [0.5, 0.6) is 0 Å². The number of fused-ring (bicyclic) bond motifs is 1. The summed E-state index contributed by atoms with van der Waals surface area (Å²) in [7, 11) is 4.04. The van der Waals surface area contributed by atoms with Crippen molar-refractivity contribution < 1.29 is 4.90 Å². The van der Waals surface area contributed by atoms with Gasteiger partial charge in [-0.05, 0) is 38.4 Å². The highest BCUT2D eigenvalue weighted by molar-refractivity contribution is 6.28. The lowest BCUT2D eigenvalue weighted by Gasteiger charge is -2.21. The molecule has 1 aromatic carbocycles. The molecule has 0 spiro atoms. The highest BCUT2D eigenvalue weighted by Crippen LogP contribution is 2.23. The molecule has 2 heterocycles. The summed E-state index contributed by atoms with van der Waals surface area (Å²) in [5.74, 6) is 1.68. The zero-order chi connectivity index (χ0) is 17.5. The molecule has 7 heteroatoms. The van der Waals surface area contributed by atoms with Gasteiger partial charge in [-0.15, -0.1) is 0 Å². The van der Waals surface area contributed by atoms with Crippen molar-refractivity contribution in [3.8, 4) is 0 Å². The monoisotopic (exact) mass is 345 g/mol. The highest BCUT2D eigenvalue weighted by Gasteiger charge is 2.18. The van der Waals surface area contributed by atoms with E-state index in [1.54, 1.807) is 6.20 Å². The van der Waals surface area contributed by atoms with Gasteiger partial charge in [-0.25, -0.2) is 9.97 Å². The van der Waals surface area contributed by atoms with Gasteiger partial charge in [0, 0.05) is 37.0 Å². The van der Waals surface area contributed by atoms with E-state index < -0.39 is 0 Å². The Morgan fingerprint density at radius 3 is 2.58 bits per heavy atom. The summed E-state index contributed by atoms with van der Waals surface area (Å²) < 4.78 is 2.07. The van der Waals surface area contributed by atoms with Crippen LogP contribution in [0.25, 0.3) is 11.0 Å². The van der Waals surface area contributed by atoms with E-state index in [-0.39, 0.29) is 10.8 Å². The molecule has 0 aliphatic carbocycles. The van der Waals surface area contributed by atoms with Crippen molar-refractivity contribution in [1.82, 2.24) is 19.5 Å². The molecule has 0 saturated carbocycles. The van der Waals surface area contributed by atoms with Crippen LogP contribution in [-0.4, -0.2) is 32.1 Å². The van der Waals surface area contributed by atoms with Crippen molar-refractivity contribution in [2.45, 2.75) is 26.3 Å². The first-order chi connectivity index (χ1) is 11.2. The number of benzene rings is 1. The molecule has 1 unspecified atom stereocenters. The van der Waals surface area contributed by atoms with Crippen LogP contribution in [0.2, 0.25) is 5.28 Å². The van der Waals surface area contributed by atoms with Crippen molar-refractivity contribution in [3.05, 3.63) is 35.7 Å².